The predicted molar refractivity (Wildman–Crippen MR) is 87.6 cm³/mol. The van der Waals surface area contributed by atoms with Crippen molar-refractivity contribution in [2.45, 2.75) is 6.92 Å². The molecule has 0 bridgehead atoms. The van der Waals surface area contributed by atoms with Crippen molar-refractivity contribution in [1.29, 1.82) is 0 Å². The highest BCUT2D eigenvalue weighted by Crippen LogP contribution is 2.24. The van der Waals surface area contributed by atoms with E-state index in [4.69, 9.17) is 0 Å². The molecule has 2 aromatic carbocycles. The zero-order chi connectivity index (χ0) is 14.7. The number of nitrogens with zero attached hydrogens (tertiary/aromatic N) is 1. The Bertz CT molecular complexity index is 638. The average molecular weight is 333 g/mol. The smallest absolute Gasteiger partial charge is 0.255 e. The third-order valence-corrected chi connectivity index (χ3v) is 3.69. The Kier molecular flexibility index (Phi) is 4.45. The van der Waals surface area contributed by atoms with E-state index in [9.17, 15) is 4.79 Å². The number of aryl methyl sites for hydroxylation is 1. The number of anilines is 2. The van der Waals surface area contributed by atoms with E-state index in [0.29, 0.717) is 5.56 Å². The van der Waals surface area contributed by atoms with E-state index < -0.39 is 0 Å². The lowest BCUT2D eigenvalue weighted by molar-refractivity contribution is 0.102. The van der Waals surface area contributed by atoms with Crippen molar-refractivity contribution in [3.8, 4) is 0 Å². The maximum absolute atomic E-state index is 12.3. The monoisotopic (exact) mass is 332 g/mol. The summed E-state index contributed by atoms with van der Waals surface area (Å²) in [7, 11) is 3.91. The molecule has 0 heterocycles. The molecule has 0 radical (unpaired) electrons. The van der Waals surface area contributed by atoms with Crippen molar-refractivity contribution >= 4 is 33.2 Å². The van der Waals surface area contributed by atoms with Crippen molar-refractivity contribution < 1.29 is 4.79 Å². The summed E-state index contributed by atoms with van der Waals surface area (Å²) < 4.78 is 0.875. The first-order chi connectivity index (χ1) is 9.47. The van der Waals surface area contributed by atoms with Gasteiger partial charge in [0.05, 0.1) is 5.69 Å². The van der Waals surface area contributed by atoms with Gasteiger partial charge in [-0.2, -0.15) is 0 Å². The molecule has 0 aliphatic rings. The normalized spacial score (nSPS) is 10.2. The molecule has 0 atom stereocenters. The minimum Gasteiger partial charge on any atom is -0.378 e. The fourth-order valence-corrected chi connectivity index (χ4v) is 2.20. The molecule has 0 saturated carbocycles. The molecular weight excluding hydrogens is 316 g/mol. The van der Waals surface area contributed by atoms with E-state index in [0.717, 1.165) is 21.4 Å². The van der Waals surface area contributed by atoms with Gasteiger partial charge < -0.3 is 10.2 Å². The van der Waals surface area contributed by atoms with Gasteiger partial charge in [0.1, 0.15) is 0 Å². The summed E-state index contributed by atoms with van der Waals surface area (Å²) in [5, 5.41) is 2.93. The Hall–Kier alpha value is -1.81. The molecule has 0 spiro atoms. The van der Waals surface area contributed by atoms with Gasteiger partial charge in [-0.25, -0.2) is 0 Å². The summed E-state index contributed by atoms with van der Waals surface area (Å²) in [6, 6.07) is 13.4. The van der Waals surface area contributed by atoms with Gasteiger partial charge in [0.2, 0.25) is 0 Å². The highest BCUT2D eigenvalue weighted by molar-refractivity contribution is 9.10. The second-order valence-corrected chi connectivity index (χ2v) is 5.74. The zero-order valence-electron chi connectivity index (χ0n) is 11.8. The van der Waals surface area contributed by atoms with Crippen LogP contribution in [0.5, 0.6) is 0 Å². The molecule has 0 aliphatic heterocycles. The molecule has 3 nitrogen and oxygen atoms in total. The van der Waals surface area contributed by atoms with E-state index in [1.54, 1.807) is 0 Å². The summed E-state index contributed by atoms with van der Waals surface area (Å²) in [5.74, 6) is -0.111. The fourth-order valence-electron chi connectivity index (χ4n) is 1.85. The molecule has 2 rings (SSSR count). The molecule has 2 aromatic rings. The molecule has 0 saturated heterocycles. The second kappa shape index (κ2) is 6.09. The van der Waals surface area contributed by atoms with Crippen LogP contribution in [0.15, 0.2) is 46.9 Å². The second-order valence-electron chi connectivity index (χ2n) is 4.88. The van der Waals surface area contributed by atoms with E-state index in [2.05, 4.69) is 21.2 Å². The first-order valence-electron chi connectivity index (χ1n) is 6.32. The van der Waals surface area contributed by atoms with Crippen LogP contribution in [0.4, 0.5) is 11.4 Å². The number of hydrogen-bond donors (Lipinski definition) is 1. The lowest BCUT2D eigenvalue weighted by atomic mass is 10.1. The number of halogens is 1. The maximum Gasteiger partial charge on any atom is 0.255 e. The van der Waals surface area contributed by atoms with Crippen molar-refractivity contribution in [3.05, 3.63) is 58.1 Å². The first-order valence-corrected chi connectivity index (χ1v) is 7.11. The third-order valence-electron chi connectivity index (χ3n) is 2.99. The number of rotatable bonds is 3. The average Bonchev–Trinajstić information content (AvgIpc) is 2.43. The van der Waals surface area contributed by atoms with Crippen LogP contribution in [-0.4, -0.2) is 20.0 Å². The standard InChI is InChI=1S/C16H17BrN2O/c1-11-7-8-14(17)15(9-11)18-16(20)12-5-4-6-13(10-12)19(2)3/h4-10H,1-3H3,(H,18,20). The van der Waals surface area contributed by atoms with Gasteiger partial charge in [-0.1, -0.05) is 12.1 Å². The van der Waals surface area contributed by atoms with Gasteiger partial charge in [0.15, 0.2) is 0 Å². The highest BCUT2D eigenvalue weighted by atomic mass is 79.9. The molecule has 4 heteroatoms. The molecule has 0 fully saturated rings. The summed E-state index contributed by atoms with van der Waals surface area (Å²) >= 11 is 3.45. The molecule has 20 heavy (non-hydrogen) atoms. The van der Waals surface area contributed by atoms with Crippen LogP contribution in [0, 0.1) is 6.92 Å². The molecule has 104 valence electrons. The molecule has 0 aromatic heterocycles. The minimum atomic E-state index is -0.111. The van der Waals surface area contributed by atoms with E-state index in [-0.39, 0.29) is 5.91 Å². The number of carbonyl (C=O) groups is 1. The van der Waals surface area contributed by atoms with E-state index in [1.807, 2.05) is 68.4 Å². The molecule has 0 aliphatic carbocycles. The summed E-state index contributed by atoms with van der Waals surface area (Å²) in [4.78, 5) is 14.3. The Morgan fingerprint density at radius 2 is 1.90 bits per heavy atom. The minimum absolute atomic E-state index is 0.111. The molecule has 1 N–H and O–H groups in total. The van der Waals surface area contributed by atoms with Crippen LogP contribution in [0.3, 0.4) is 0 Å². The van der Waals surface area contributed by atoms with Crippen LogP contribution in [0.1, 0.15) is 15.9 Å². The molecular formula is C16H17BrN2O. The van der Waals surface area contributed by atoms with Gasteiger partial charge in [-0.3, -0.25) is 4.79 Å². The van der Waals surface area contributed by atoms with Gasteiger partial charge in [0.25, 0.3) is 5.91 Å². The Labute approximate surface area is 127 Å². The lowest BCUT2D eigenvalue weighted by Gasteiger charge is -2.14. The summed E-state index contributed by atoms with van der Waals surface area (Å²) in [6.45, 7) is 1.99. The van der Waals surface area contributed by atoms with Crippen LogP contribution >= 0.6 is 15.9 Å². The highest BCUT2D eigenvalue weighted by Gasteiger charge is 2.09. The first kappa shape index (κ1) is 14.6. The third kappa shape index (κ3) is 3.39. The van der Waals surface area contributed by atoms with Crippen LogP contribution in [0.2, 0.25) is 0 Å². The van der Waals surface area contributed by atoms with E-state index >= 15 is 0 Å². The predicted octanol–water partition coefficient (Wildman–Crippen LogP) is 4.08. The number of benzene rings is 2. The van der Waals surface area contributed by atoms with Crippen LogP contribution in [-0.2, 0) is 0 Å². The van der Waals surface area contributed by atoms with Crippen molar-refractivity contribution in [3.63, 3.8) is 0 Å². The van der Waals surface area contributed by atoms with E-state index in [1.165, 1.54) is 0 Å². The van der Waals surface area contributed by atoms with Crippen molar-refractivity contribution in [1.82, 2.24) is 0 Å². The van der Waals surface area contributed by atoms with Gasteiger partial charge in [-0.05, 0) is 58.7 Å². The Balaban J connectivity index is 2.24. The van der Waals surface area contributed by atoms with Crippen molar-refractivity contribution in [2.75, 3.05) is 24.3 Å². The quantitative estimate of drug-likeness (QED) is 0.918. The number of carbonyl (C=O) groups excluding carboxylic acids is 1. The SMILES string of the molecule is Cc1ccc(Br)c(NC(=O)c2cccc(N(C)C)c2)c1. The van der Waals surface area contributed by atoms with Crippen molar-refractivity contribution in [2.24, 2.45) is 0 Å². The molecule has 1 amide bonds. The topological polar surface area (TPSA) is 32.3 Å². The number of amides is 1. The van der Waals surface area contributed by atoms with Gasteiger partial charge >= 0.3 is 0 Å². The Morgan fingerprint density at radius 3 is 2.60 bits per heavy atom. The fraction of sp³-hybridized carbons (Fsp3) is 0.188. The Morgan fingerprint density at radius 1 is 1.15 bits per heavy atom. The van der Waals surface area contributed by atoms with Gasteiger partial charge in [-0.15, -0.1) is 0 Å². The zero-order valence-corrected chi connectivity index (χ0v) is 13.4. The largest absolute Gasteiger partial charge is 0.378 e. The number of nitrogens with one attached hydrogen (secondary N) is 1. The lowest BCUT2D eigenvalue weighted by Crippen LogP contribution is -2.14. The molecule has 0 unspecified atom stereocenters. The van der Waals surface area contributed by atoms with Crippen LogP contribution < -0.4 is 10.2 Å². The summed E-state index contributed by atoms with van der Waals surface area (Å²) in [6.07, 6.45) is 0. The summed E-state index contributed by atoms with van der Waals surface area (Å²) in [5.41, 5.74) is 3.53. The van der Waals surface area contributed by atoms with Gasteiger partial charge in [0, 0.05) is 29.8 Å². The van der Waals surface area contributed by atoms with Crippen LogP contribution in [0.25, 0.3) is 0 Å². The maximum atomic E-state index is 12.3. The number of hydrogen-bond acceptors (Lipinski definition) is 2.